The Morgan fingerprint density at radius 1 is 1.29 bits per heavy atom. The van der Waals surface area contributed by atoms with E-state index in [0.29, 0.717) is 5.56 Å². The van der Waals surface area contributed by atoms with Crippen LogP contribution in [0.5, 0.6) is 0 Å². The van der Waals surface area contributed by atoms with Crippen molar-refractivity contribution < 1.29 is 10.2 Å². The second-order valence-electron chi connectivity index (χ2n) is 2.68. The van der Waals surface area contributed by atoms with Gasteiger partial charge in [-0.1, -0.05) is 39.1 Å². The van der Waals surface area contributed by atoms with Crippen molar-refractivity contribution in [3.05, 3.63) is 28.0 Å². The summed E-state index contributed by atoms with van der Waals surface area (Å²) in [4.78, 5) is 3.74. The van der Waals surface area contributed by atoms with Crippen molar-refractivity contribution in [3.8, 4) is 0 Å². The minimum absolute atomic E-state index is 0.239. The lowest BCUT2D eigenvalue weighted by Gasteiger charge is -2.17. The third kappa shape index (κ3) is 2.58. The lowest BCUT2D eigenvalue weighted by molar-refractivity contribution is 0.0343. The van der Waals surface area contributed by atoms with Crippen LogP contribution in [-0.2, 0) is 0 Å². The third-order valence-corrected chi connectivity index (χ3v) is 2.97. The van der Waals surface area contributed by atoms with Crippen molar-refractivity contribution in [2.24, 2.45) is 0 Å². The number of nitrogens with zero attached hydrogens (tertiary/aromatic N) is 1. The molecule has 0 spiro atoms. The van der Waals surface area contributed by atoms with Crippen LogP contribution in [0.2, 0.25) is 10.0 Å². The summed E-state index contributed by atoms with van der Waals surface area (Å²) in [5.74, 6) is 0. The highest BCUT2D eigenvalue weighted by molar-refractivity contribution is 9.09. The fourth-order valence-corrected chi connectivity index (χ4v) is 1.92. The van der Waals surface area contributed by atoms with Crippen LogP contribution < -0.4 is 0 Å². The van der Waals surface area contributed by atoms with E-state index in [1.807, 2.05) is 0 Å². The lowest BCUT2D eigenvalue weighted by Crippen LogP contribution is -2.20. The van der Waals surface area contributed by atoms with E-state index in [9.17, 15) is 10.2 Å². The molecule has 0 saturated heterocycles. The number of aliphatic hydroxyl groups is 2. The van der Waals surface area contributed by atoms with Crippen molar-refractivity contribution in [1.82, 2.24) is 4.98 Å². The number of aromatic nitrogens is 1. The maximum atomic E-state index is 9.67. The van der Waals surface area contributed by atoms with Crippen molar-refractivity contribution in [3.63, 3.8) is 0 Å². The summed E-state index contributed by atoms with van der Waals surface area (Å²) in [7, 11) is 0. The van der Waals surface area contributed by atoms with Crippen molar-refractivity contribution >= 4 is 39.1 Å². The van der Waals surface area contributed by atoms with Gasteiger partial charge < -0.3 is 10.2 Å². The fraction of sp³-hybridized carbons (Fsp3) is 0.375. The molecule has 3 nitrogen and oxygen atoms in total. The Hall–Kier alpha value is 0.130. The van der Waals surface area contributed by atoms with E-state index in [0.717, 1.165) is 0 Å². The topological polar surface area (TPSA) is 53.4 Å². The lowest BCUT2D eigenvalue weighted by atomic mass is 10.1. The molecule has 0 aliphatic carbocycles. The molecule has 1 heterocycles. The molecule has 2 atom stereocenters. The Kier molecular flexibility index (Phi) is 4.60. The molecule has 78 valence electrons. The molecule has 0 amide bonds. The van der Waals surface area contributed by atoms with Gasteiger partial charge in [-0.25, -0.2) is 0 Å². The average molecular weight is 301 g/mol. The van der Waals surface area contributed by atoms with Gasteiger partial charge in [0.05, 0.1) is 16.1 Å². The number of hydrogen-bond donors (Lipinski definition) is 2. The number of halogens is 3. The summed E-state index contributed by atoms with van der Waals surface area (Å²) in [6.45, 7) is 0. The molecule has 0 bridgehead atoms. The Morgan fingerprint density at radius 3 is 2.21 bits per heavy atom. The SMILES string of the molecule is OC(CBr)C(O)c1c(Cl)cncc1Cl. The first-order valence-corrected chi connectivity index (χ1v) is 5.66. The molecule has 14 heavy (non-hydrogen) atoms. The summed E-state index contributed by atoms with van der Waals surface area (Å²) in [5.41, 5.74) is 0.301. The molecule has 1 rings (SSSR count). The van der Waals surface area contributed by atoms with Gasteiger partial charge in [-0.15, -0.1) is 0 Å². The molecule has 0 aliphatic heterocycles. The molecule has 6 heteroatoms. The number of hydrogen-bond acceptors (Lipinski definition) is 3. The van der Waals surface area contributed by atoms with Gasteiger partial charge in [0.15, 0.2) is 0 Å². The van der Waals surface area contributed by atoms with E-state index in [2.05, 4.69) is 20.9 Å². The van der Waals surface area contributed by atoms with E-state index in [1.165, 1.54) is 12.4 Å². The fourth-order valence-electron chi connectivity index (χ4n) is 0.981. The average Bonchev–Trinajstić information content (AvgIpc) is 2.16. The Morgan fingerprint density at radius 2 is 1.79 bits per heavy atom. The molecule has 2 unspecified atom stereocenters. The van der Waals surface area contributed by atoms with Gasteiger partial charge in [-0.05, 0) is 0 Å². The van der Waals surface area contributed by atoms with Crippen molar-refractivity contribution in [1.29, 1.82) is 0 Å². The normalized spacial score (nSPS) is 15.2. The van der Waals surface area contributed by atoms with E-state index >= 15 is 0 Å². The van der Waals surface area contributed by atoms with Crippen LogP contribution in [0, 0.1) is 0 Å². The number of alkyl halides is 1. The van der Waals surface area contributed by atoms with Crippen molar-refractivity contribution in [2.75, 3.05) is 5.33 Å². The third-order valence-electron chi connectivity index (χ3n) is 1.71. The quantitative estimate of drug-likeness (QED) is 0.841. The molecule has 0 fully saturated rings. The Balaban J connectivity index is 3.05. The Bertz CT molecular complexity index is 304. The van der Waals surface area contributed by atoms with Gasteiger partial charge in [0, 0.05) is 23.3 Å². The number of aliphatic hydroxyl groups excluding tert-OH is 2. The minimum Gasteiger partial charge on any atom is -0.389 e. The highest BCUT2D eigenvalue weighted by atomic mass is 79.9. The number of rotatable bonds is 3. The first-order chi connectivity index (χ1) is 6.57. The van der Waals surface area contributed by atoms with Crippen LogP contribution in [0.15, 0.2) is 12.4 Å². The van der Waals surface area contributed by atoms with E-state index < -0.39 is 12.2 Å². The predicted octanol–water partition coefficient (Wildman–Crippen LogP) is 2.18. The predicted molar refractivity (Wildman–Crippen MR) is 59.0 cm³/mol. The molecule has 0 radical (unpaired) electrons. The second kappa shape index (κ2) is 5.28. The molecule has 1 aromatic rings. The van der Waals surface area contributed by atoms with Crippen LogP contribution in [0.1, 0.15) is 11.7 Å². The second-order valence-corrected chi connectivity index (χ2v) is 4.15. The summed E-state index contributed by atoms with van der Waals surface area (Å²) in [5, 5.41) is 19.8. The molecule has 0 aliphatic rings. The maximum Gasteiger partial charge on any atom is 0.109 e. The smallest absolute Gasteiger partial charge is 0.109 e. The van der Waals surface area contributed by atoms with Crippen molar-refractivity contribution in [2.45, 2.75) is 12.2 Å². The van der Waals surface area contributed by atoms with E-state index in [1.54, 1.807) is 0 Å². The zero-order valence-electron chi connectivity index (χ0n) is 6.99. The standard InChI is InChI=1S/C8H8BrCl2NO2/c9-1-6(13)8(14)7-4(10)2-12-3-5(7)11/h2-3,6,8,13-14H,1H2. The van der Waals surface area contributed by atoms with Gasteiger partial charge >= 0.3 is 0 Å². The molecule has 0 saturated carbocycles. The summed E-state index contributed by atoms with van der Waals surface area (Å²) < 4.78 is 0. The first kappa shape index (κ1) is 12.2. The zero-order chi connectivity index (χ0) is 10.7. The molecular formula is C8H8BrCl2NO2. The summed E-state index contributed by atoms with van der Waals surface area (Å²) >= 11 is 14.6. The van der Waals surface area contributed by atoms with Gasteiger partial charge in [0.2, 0.25) is 0 Å². The van der Waals surface area contributed by atoms with Gasteiger partial charge in [0.1, 0.15) is 6.10 Å². The highest BCUT2D eigenvalue weighted by Gasteiger charge is 2.22. The number of pyridine rings is 1. The van der Waals surface area contributed by atoms with Crippen LogP contribution in [0.4, 0.5) is 0 Å². The molecular weight excluding hydrogens is 293 g/mol. The molecule has 2 N–H and O–H groups in total. The van der Waals surface area contributed by atoms with Crippen LogP contribution >= 0.6 is 39.1 Å². The van der Waals surface area contributed by atoms with Crippen LogP contribution in [-0.4, -0.2) is 26.6 Å². The monoisotopic (exact) mass is 299 g/mol. The van der Waals surface area contributed by atoms with Gasteiger partial charge in [0.25, 0.3) is 0 Å². The van der Waals surface area contributed by atoms with Gasteiger partial charge in [-0.2, -0.15) is 0 Å². The zero-order valence-corrected chi connectivity index (χ0v) is 10.1. The van der Waals surface area contributed by atoms with E-state index in [-0.39, 0.29) is 15.4 Å². The molecule has 0 aromatic carbocycles. The largest absolute Gasteiger partial charge is 0.389 e. The van der Waals surface area contributed by atoms with Crippen LogP contribution in [0.25, 0.3) is 0 Å². The maximum absolute atomic E-state index is 9.67. The van der Waals surface area contributed by atoms with Crippen LogP contribution in [0.3, 0.4) is 0 Å². The summed E-state index contributed by atoms with van der Waals surface area (Å²) in [6, 6.07) is 0. The Labute approximate surface area is 99.8 Å². The summed E-state index contributed by atoms with van der Waals surface area (Å²) in [6.07, 6.45) is 0.671. The molecule has 1 aromatic heterocycles. The van der Waals surface area contributed by atoms with E-state index in [4.69, 9.17) is 23.2 Å². The first-order valence-electron chi connectivity index (χ1n) is 3.79. The minimum atomic E-state index is -1.11. The highest BCUT2D eigenvalue weighted by Crippen LogP contribution is 2.31. The van der Waals surface area contributed by atoms with Gasteiger partial charge in [-0.3, -0.25) is 4.98 Å².